The molecule has 1 aliphatic rings. The topological polar surface area (TPSA) is 32.3 Å². The third-order valence-electron chi connectivity index (χ3n) is 3.61. The van der Waals surface area contributed by atoms with Gasteiger partial charge >= 0.3 is 0 Å². The lowest BCUT2D eigenvalue weighted by molar-refractivity contribution is -0.133. The number of alkyl halides is 2. The lowest BCUT2D eigenvalue weighted by Gasteiger charge is -2.24. The van der Waals surface area contributed by atoms with Crippen molar-refractivity contribution in [1.82, 2.24) is 10.2 Å². The largest absolute Gasteiger partial charge is 0.341 e. The van der Waals surface area contributed by atoms with E-state index < -0.39 is 24.9 Å². The van der Waals surface area contributed by atoms with E-state index in [1.165, 1.54) is 0 Å². The Labute approximate surface area is 130 Å². The molecule has 0 radical (unpaired) electrons. The van der Waals surface area contributed by atoms with Gasteiger partial charge in [-0.05, 0) is 18.9 Å². The smallest absolute Gasteiger partial charge is 0.262 e. The molecule has 1 amide bonds. The van der Waals surface area contributed by atoms with Crippen LogP contribution >= 0.6 is 12.4 Å². The standard InChI is InChI=1S/C15H20F2N2O.ClH/c1-2-19(9-8-12-6-4-3-5-7-12)14(20)13-10-15(16,17)11-18-13;/h3-7,13,18H,2,8-11H2,1H3;1H. The van der Waals surface area contributed by atoms with Crippen LogP contribution in [0.25, 0.3) is 0 Å². The fraction of sp³-hybridized carbons (Fsp3) is 0.533. The summed E-state index contributed by atoms with van der Waals surface area (Å²) in [6.45, 7) is 2.56. The maximum Gasteiger partial charge on any atom is 0.262 e. The zero-order chi connectivity index (χ0) is 14.6. The molecule has 6 heteroatoms. The molecule has 0 saturated carbocycles. The van der Waals surface area contributed by atoms with E-state index in [-0.39, 0.29) is 18.3 Å². The Morgan fingerprint density at radius 2 is 2.05 bits per heavy atom. The second-order valence-electron chi connectivity index (χ2n) is 5.15. The van der Waals surface area contributed by atoms with E-state index in [2.05, 4.69) is 5.32 Å². The minimum Gasteiger partial charge on any atom is -0.341 e. The van der Waals surface area contributed by atoms with E-state index in [0.717, 1.165) is 12.0 Å². The fourth-order valence-corrected chi connectivity index (χ4v) is 2.44. The zero-order valence-electron chi connectivity index (χ0n) is 12.0. The van der Waals surface area contributed by atoms with Gasteiger partial charge < -0.3 is 4.90 Å². The zero-order valence-corrected chi connectivity index (χ0v) is 12.8. The first kappa shape index (κ1) is 17.9. The average molecular weight is 319 g/mol. The highest BCUT2D eigenvalue weighted by Crippen LogP contribution is 2.26. The molecule has 1 aromatic carbocycles. The minimum absolute atomic E-state index is 0. The third-order valence-corrected chi connectivity index (χ3v) is 3.61. The van der Waals surface area contributed by atoms with Gasteiger partial charge in [-0.3, -0.25) is 10.1 Å². The molecule has 1 saturated heterocycles. The second kappa shape index (κ2) is 7.71. The highest BCUT2D eigenvalue weighted by molar-refractivity contribution is 5.85. The first-order valence-electron chi connectivity index (χ1n) is 6.96. The molecular weight excluding hydrogens is 298 g/mol. The van der Waals surface area contributed by atoms with Gasteiger partial charge in [0.1, 0.15) is 0 Å². The minimum atomic E-state index is -2.76. The van der Waals surface area contributed by atoms with Crippen molar-refractivity contribution in [3.63, 3.8) is 0 Å². The van der Waals surface area contributed by atoms with Crippen LogP contribution in [-0.2, 0) is 11.2 Å². The number of nitrogens with one attached hydrogen (secondary N) is 1. The summed E-state index contributed by atoms with van der Waals surface area (Å²) in [6.07, 6.45) is 0.344. The van der Waals surface area contributed by atoms with Crippen molar-refractivity contribution in [1.29, 1.82) is 0 Å². The van der Waals surface area contributed by atoms with Crippen LogP contribution in [0.4, 0.5) is 8.78 Å². The molecule has 2 rings (SSSR count). The first-order valence-corrected chi connectivity index (χ1v) is 6.96. The molecular formula is C15H21ClF2N2O. The van der Waals surface area contributed by atoms with Crippen molar-refractivity contribution < 1.29 is 13.6 Å². The number of likely N-dealkylation sites (N-methyl/N-ethyl adjacent to an activating group) is 1. The summed E-state index contributed by atoms with van der Waals surface area (Å²) in [4.78, 5) is 13.9. The van der Waals surface area contributed by atoms with E-state index in [1.807, 2.05) is 37.3 Å². The maximum absolute atomic E-state index is 13.1. The number of benzene rings is 1. The highest BCUT2D eigenvalue weighted by Gasteiger charge is 2.43. The Balaban J connectivity index is 0.00000220. The van der Waals surface area contributed by atoms with Crippen molar-refractivity contribution in [2.24, 2.45) is 0 Å². The summed E-state index contributed by atoms with van der Waals surface area (Å²) in [5, 5.41) is 2.62. The van der Waals surface area contributed by atoms with Crippen LogP contribution < -0.4 is 5.32 Å². The number of carbonyl (C=O) groups excluding carboxylic acids is 1. The van der Waals surface area contributed by atoms with Crippen LogP contribution in [0, 0.1) is 0 Å². The molecule has 0 aliphatic carbocycles. The first-order chi connectivity index (χ1) is 9.52. The van der Waals surface area contributed by atoms with Crippen molar-refractivity contribution in [3.8, 4) is 0 Å². The molecule has 21 heavy (non-hydrogen) atoms. The van der Waals surface area contributed by atoms with Gasteiger partial charge in [-0.2, -0.15) is 0 Å². The normalized spacial score (nSPS) is 19.9. The van der Waals surface area contributed by atoms with E-state index in [4.69, 9.17) is 0 Å². The van der Waals surface area contributed by atoms with Crippen LogP contribution in [0.15, 0.2) is 30.3 Å². The molecule has 1 fully saturated rings. The summed E-state index contributed by atoms with van der Waals surface area (Å²) in [5.41, 5.74) is 1.14. The van der Waals surface area contributed by atoms with Crippen LogP contribution in [0.2, 0.25) is 0 Å². The Hall–Kier alpha value is -1.20. The summed E-state index contributed by atoms with van der Waals surface area (Å²) in [5.74, 6) is -2.99. The van der Waals surface area contributed by atoms with E-state index in [9.17, 15) is 13.6 Å². The Bertz CT molecular complexity index is 456. The van der Waals surface area contributed by atoms with Crippen LogP contribution in [-0.4, -0.2) is 42.4 Å². The summed E-state index contributed by atoms with van der Waals surface area (Å²) < 4.78 is 26.3. The quantitative estimate of drug-likeness (QED) is 0.904. The van der Waals surface area contributed by atoms with Gasteiger partial charge in [0.25, 0.3) is 5.92 Å². The molecule has 1 aromatic rings. The predicted molar refractivity (Wildman–Crippen MR) is 81.0 cm³/mol. The van der Waals surface area contributed by atoms with Crippen molar-refractivity contribution in [2.75, 3.05) is 19.6 Å². The van der Waals surface area contributed by atoms with Crippen LogP contribution in [0.1, 0.15) is 18.9 Å². The molecule has 1 atom stereocenters. The molecule has 0 spiro atoms. The third kappa shape index (κ3) is 4.93. The van der Waals surface area contributed by atoms with Crippen LogP contribution in [0.5, 0.6) is 0 Å². The lowest BCUT2D eigenvalue weighted by Crippen LogP contribution is -2.44. The fourth-order valence-electron chi connectivity index (χ4n) is 2.44. The molecule has 0 bridgehead atoms. The van der Waals surface area contributed by atoms with Gasteiger partial charge in [0, 0.05) is 19.5 Å². The number of halogens is 3. The van der Waals surface area contributed by atoms with Gasteiger partial charge in [-0.25, -0.2) is 8.78 Å². The van der Waals surface area contributed by atoms with Crippen molar-refractivity contribution in [2.45, 2.75) is 31.7 Å². The number of nitrogens with zero attached hydrogens (tertiary/aromatic N) is 1. The Morgan fingerprint density at radius 3 is 2.57 bits per heavy atom. The Morgan fingerprint density at radius 1 is 1.38 bits per heavy atom. The van der Waals surface area contributed by atoms with E-state index in [1.54, 1.807) is 4.90 Å². The number of carbonyl (C=O) groups is 1. The van der Waals surface area contributed by atoms with Crippen molar-refractivity contribution >= 4 is 18.3 Å². The van der Waals surface area contributed by atoms with Gasteiger partial charge in [-0.15, -0.1) is 12.4 Å². The summed E-state index contributed by atoms with van der Waals surface area (Å²) in [7, 11) is 0. The van der Waals surface area contributed by atoms with Crippen molar-refractivity contribution in [3.05, 3.63) is 35.9 Å². The lowest BCUT2D eigenvalue weighted by atomic mass is 10.1. The molecule has 1 aliphatic heterocycles. The van der Waals surface area contributed by atoms with Gasteiger partial charge in [0.15, 0.2) is 0 Å². The highest BCUT2D eigenvalue weighted by atomic mass is 35.5. The summed E-state index contributed by atoms with van der Waals surface area (Å²) in [6, 6.07) is 9.09. The SMILES string of the molecule is CCN(CCc1ccccc1)C(=O)C1CC(F)(F)CN1.Cl. The number of rotatable bonds is 5. The maximum atomic E-state index is 13.1. The molecule has 0 aromatic heterocycles. The molecule has 3 nitrogen and oxygen atoms in total. The molecule has 1 N–H and O–H groups in total. The van der Waals surface area contributed by atoms with Gasteiger partial charge in [-0.1, -0.05) is 30.3 Å². The second-order valence-corrected chi connectivity index (χ2v) is 5.15. The Kier molecular flexibility index (Phi) is 6.55. The number of hydrogen-bond donors (Lipinski definition) is 1. The molecule has 118 valence electrons. The molecule has 1 unspecified atom stereocenters. The van der Waals surface area contributed by atoms with Crippen LogP contribution in [0.3, 0.4) is 0 Å². The average Bonchev–Trinajstić information content (AvgIpc) is 2.81. The van der Waals surface area contributed by atoms with Gasteiger partial charge in [0.2, 0.25) is 5.91 Å². The van der Waals surface area contributed by atoms with Gasteiger partial charge in [0.05, 0.1) is 12.6 Å². The monoisotopic (exact) mass is 318 g/mol. The van der Waals surface area contributed by atoms with E-state index in [0.29, 0.717) is 13.1 Å². The number of amides is 1. The predicted octanol–water partition coefficient (Wildman–Crippen LogP) is 2.50. The van der Waals surface area contributed by atoms with E-state index >= 15 is 0 Å². The summed E-state index contributed by atoms with van der Waals surface area (Å²) >= 11 is 0. The molecule has 1 heterocycles. The number of hydrogen-bond acceptors (Lipinski definition) is 2.